The summed E-state index contributed by atoms with van der Waals surface area (Å²) in [5.41, 5.74) is 1.12. The highest BCUT2D eigenvalue weighted by Gasteiger charge is 2.05. The van der Waals surface area contributed by atoms with Crippen molar-refractivity contribution in [3.63, 3.8) is 0 Å². The smallest absolute Gasteiger partial charge is 0.233 e. The highest BCUT2D eigenvalue weighted by atomic mass is 16.5. The molecule has 1 amide bonds. The molecule has 0 unspecified atom stereocenters. The van der Waals surface area contributed by atoms with Crippen molar-refractivity contribution >= 4 is 11.7 Å². The molecule has 1 aromatic carbocycles. The van der Waals surface area contributed by atoms with Crippen molar-refractivity contribution in [2.24, 2.45) is 0 Å². The van der Waals surface area contributed by atoms with E-state index in [1.165, 1.54) is 19.5 Å². The van der Waals surface area contributed by atoms with E-state index in [2.05, 4.69) is 15.3 Å². The van der Waals surface area contributed by atoms with Gasteiger partial charge in [-0.2, -0.15) is 4.98 Å². The number of ether oxygens (including phenoxy) is 2. The second-order valence-electron chi connectivity index (χ2n) is 4.64. The quantitative estimate of drug-likeness (QED) is 0.758. The Kier molecular flexibility index (Phi) is 6.32. The molecule has 0 spiro atoms. The molecule has 0 saturated carbocycles. The van der Waals surface area contributed by atoms with Gasteiger partial charge >= 0.3 is 0 Å². The van der Waals surface area contributed by atoms with Crippen LogP contribution in [0.2, 0.25) is 0 Å². The van der Waals surface area contributed by atoms with E-state index in [9.17, 15) is 4.79 Å². The number of carbonyl (C=O) groups excluding carboxylic acids is 1. The number of nitrogens with zero attached hydrogens (tertiary/aromatic N) is 2. The van der Waals surface area contributed by atoms with E-state index in [0.29, 0.717) is 37.8 Å². The summed E-state index contributed by atoms with van der Waals surface area (Å²) in [6.45, 7) is 1.09. The fourth-order valence-electron chi connectivity index (χ4n) is 1.81. The van der Waals surface area contributed by atoms with Gasteiger partial charge in [0, 0.05) is 13.0 Å². The van der Waals surface area contributed by atoms with E-state index < -0.39 is 0 Å². The lowest BCUT2D eigenvalue weighted by Gasteiger charge is -2.06. The van der Waals surface area contributed by atoms with Crippen LogP contribution in [-0.4, -0.2) is 29.6 Å². The predicted molar refractivity (Wildman–Crippen MR) is 82.5 cm³/mol. The summed E-state index contributed by atoms with van der Waals surface area (Å²) >= 11 is 0. The lowest BCUT2D eigenvalue weighted by Crippen LogP contribution is -2.13. The molecule has 0 bridgehead atoms. The van der Waals surface area contributed by atoms with Crippen LogP contribution in [0.25, 0.3) is 0 Å². The van der Waals surface area contributed by atoms with E-state index >= 15 is 0 Å². The number of benzene rings is 1. The highest BCUT2D eigenvalue weighted by Crippen LogP contribution is 2.08. The van der Waals surface area contributed by atoms with Gasteiger partial charge in [0.1, 0.15) is 0 Å². The maximum absolute atomic E-state index is 11.8. The first-order valence-corrected chi connectivity index (χ1v) is 7.05. The van der Waals surface area contributed by atoms with Gasteiger partial charge in [0.15, 0.2) is 5.82 Å². The van der Waals surface area contributed by atoms with Crippen molar-refractivity contribution in [1.29, 1.82) is 0 Å². The molecule has 6 heteroatoms. The summed E-state index contributed by atoms with van der Waals surface area (Å²) in [5.74, 6) is 0.629. The van der Waals surface area contributed by atoms with Crippen LogP contribution in [0.3, 0.4) is 0 Å². The average Bonchev–Trinajstić information content (AvgIpc) is 2.55. The number of carbonyl (C=O) groups is 1. The molecule has 0 radical (unpaired) electrons. The molecule has 116 valence electrons. The highest BCUT2D eigenvalue weighted by molar-refractivity contribution is 5.89. The summed E-state index contributed by atoms with van der Waals surface area (Å²) in [6, 6.07) is 9.93. The Morgan fingerprint density at radius 2 is 2.05 bits per heavy atom. The molecule has 0 aliphatic heterocycles. The van der Waals surface area contributed by atoms with Gasteiger partial charge in [-0.1, -0.05) is 30.3 Å². The van der Waals surface area contributed by atoms with E-state index in [1.54, 1.807) is 0 Å². The van der Waals surface area contributed by atoms with Gasteiger partial charge in [0.2, 0.25) is 11.8 Å². The first-order valence-electron chi connectivity index (χ1n) is 7.05. The Morgan fingerprint density at radius 1 is 1.23 bits per heavy atom. The van der Waals surface area contributed by atoms with Gasteiger partial charge in [0.05, 0.1) is 26.1 Å². The van der Waals surface area contributed by atoms with Crippen molar-refractivity contribution < 1.29 is 14.3 Å². The Labute approximate surface area is 129 Å². The van der Waals surface area contributed by atoms with Crippen LogP contribution in [0.1, 0.15) is 18.4 Å². The predicted octanol–water partition coefficient (Wildman–Crippen LogP) is 2.42. The van der Waals surface area contributed by atoms with Crippen LogP contribution < -0.4 is 10.1 Å². The van der Waals surface area contributed by atoms with E-state index in [0.717, 1.165) is 5.56 Å². The molecule has 1 heterocycles. The number of methoxy groups -OCH3 is 1. The topological polar surface area (TPSA) is 73.3 Å². The lowest BCUT2D eigenvalue weighted by atomic mass is 10.2. The molecule has 0 aliphatic carbocycles. The Hall–Kier alpha value is -2.47. The van der Waals surface area contributed by atoms with Crippen LogP contribution in [0, 0.1) is 0 Å². The van der Waals surface area contributed by atoms with Crippen LogP contribution in [-0.2, 0) is 16.1 Å². The fourth-order valence-corrected chi connectivity index (χ4v) is 1.81. The minimum absolute atomic E-state index is 0.120. The third-order valence-electron chi connectivity index (χ3n) is 2.89. The van der Waals surface area contributed by atoms with Gasteiger partial charge in [0.25, 0.3) is 0 Å². The minimum Gasteiger partial charge on any atom is -0.480 e. The molecular weight excluding hydrogens is 282 g/mol. The summed E-state index contributed by atoms with van der Waals surface area (Å²) in [5, 5.41) is 2.68. The molecule has 2 aromatic rings. The molecule has 0 atom stereocenters. The molecule has 22 heavy (non-hydrogen) atoms. The number of hydrogen-bond acceptors (Lipinski definition) is 5. The summed E-state index contributed by atoms with van der Waals surface area (Å²) in [4.78, 5) is 19.8. The Bertz CT molecular complexity index is 590. The second kappa shape index (κ2) is 8.74. The van der Waals surface area contributed by atoms with E-state index in [1.807, 2.05) is 30.3 Å². The zero-order chi connectivity index (χ0) is 15.6. The van der Waals surface area contributed by atoms with Crippen LogP contribution in [0.5, 0.6) is 5.88 Å². The summed E-state index contributed by atoms with van der Waals surface area (Å²) < 4.78 is 10.5. The van der Waals surface area contributed by atoms with Crippen molar-refractivity contribution in [1.82, 2.24) is 9.97 Å². The van der Waals surface area contributed by atoms with Gasteiger partial charge in [-0.3, -0.25) is 9.78 Å². The van der Waals surface area contributed by atoms with Crippen molar-refractivity contribution in [2.45, 2.75) is 19.4 Å². The summed E-state index contributed by atoms with van der Waals surface area (Å²) in [7, 11) is 1.50. The molecule has 6 nitrogen and oxygen atoms in total. The Balaban J connectivity index is 1.63. The maximum Gasteiger partial charge on any atom is 0.233 e. The van der Waals surface area contributed by atoms with Crippen molar-refractivity contribution in [3.05, 3.63) is 48.3 Å². The molecule has 2 rings (SSSR count). The number of anilines is 1. The van der Waals surface area contributed by atoms with E-state index in [-0.39, 0.29) is 5.91 Å². The average molecular weight is 301 g/mol. The van der Waals surface area contributed by atoms with Crippen molar-refractivity contribution in [2.75, 3.05) is 19.0 Å². The number of hydrogen-bond donors (Lipinski definition) is 1. The molecule has 0 aliphatic rings. The first-order chi connectivity index (χ1) is 10.8. The largest absolute Gasteiger partial charge is 0.480 e. The van der Waals surface area contributed by atoms with Gasteiger partial charge in [-0.05, 0) is 12.0 Å². The molecule has 1 aromatic heterocycles. The lowest BCUT2D eigenvalue weighted by molar-refractivity contribution is -0.116. The van der Waals surface area contributed by atoms with E-state index in [4.69, 9.17) is 9.47 Å². The fraction of sp³-hybridized carbons (Fsp3) is 0.312. The zero-order valence-electron chi connectivity index (χ0n) is 12.5. The first kappa shape index (κ1) is 15.9. The van der Waals surface area contributed by atoms with Gasteiger partial charge < -0.3 is 14.8 Å². The van der Waals surface area contributed by atoms with Crippen LogP contribution in [0.15, 0.2) is 42.7 Å². The minimum atomic E-state index is -0.120. The maximum atomic E-state index is 11.8. The number of rotatable bonds is 8. The van der Waals surface area contributed by atoms with Crippen molar-refractivity contribution in [3.8, 4) is 5.88 Å². The number of aromatic nitrogens is 2. The molecule has 1 N–H and O–H groups in total. The SMILES string of the molecule is COc1cncc(NC(=O)CCCOCc2ccccc2)n1. The van der Waals surface area contributed by atoms with Crippen LogP contribution >= 0.6 is 0 Å². The molecular formula is C16H19N3O3. The monoisotopic (exact) mass is 301 g/mol. The zero-order valence-corrected chi connectivity index (χ0v) is 12.5. The molecule has 0 saturated heterocycles. The number of nitrogens with one attached hydrogen (secondary N) is 1. The van der Waals surface area contributed by atoms with Gasteiger partial charge in [-0.15, -0.1) is 0 Å². The third kappa shape index (κ3) is 5.49. The van der Waals surface area contributed by atoms with Gasteiger partial charge in [-0.25, -0.2) is 0 Å². The third-order valence-corrected chi connectivity index (χ3v) is 2.89. The normalized spacial score (nSPS) is 10.2. The number of amides is 1. The summed E-state index contributed by atoms with van der Waals surface area (Å²) in [6.07, 6.45) is 3.98. The molecule has 0 fully saturated rings. The van der Waals surface area contributed by atoms with Crippen LogP contribution in [0.4, 0.5) is 5.82 Å². The standard InChI is InChI=1S/C16H19N3O3/c1-21-16-11-17-10-14(19-16)18-15(20)8-5-9-22-12-13-6-3-2-4-7-13/h2-4,6-7,10-11H,5,8-9,12H2,1H3,(H,18,19,20). The second-order valence-corrected chi connectivity index (χ2v) is 4.64. The Morgan fingerprint density at radius 3 is 2.82 bits per heavy atom.